The minimum absolute atomic E-state index is 0.216. The first-order valence-electron chi connectivity index (χ1n) is 24.4. The topological polar surface area (TPSA) is 34.6 Å². The van der Waals surface area contributed by atoms with Gasteiger partial charge in [-0.15, -0.1) is 0 Å². The lowest BCUT2D eigenvalue weighted by atomic mass is 9.49. The normalized spacial score (nSPS) is 13.1. The Balaban J connectivity index is 1.22. The van der Waals surface area contributed by atoms with Gasteiger partial charge in [-0.2, -0.15) is 5.26 Å². The number of fused-ring (bicyclic) bond motifs is 9. The molecule has 0 saturated carbocycles. The van der Waals surface area contributed by atoms with Gasteiger partial charge in [-0.1, -0.05) is 142 Å². The van der Waals surface area contributed by atoms with E-state index in [2.05, 4.69) is 236 Å². The molecule has 0 amide bonds. The van der Waals surface area contributed by atoms with Crippen LogP contribution in [0.25, 0.3) is 48.3 Å². The zero-order valence-electron chi connectivity index (χ0n) is 41.6. The summed E-state index contributed by atoms with van der Waals surface area (Å²) < 4.78 is 0. The lowest BCUT2D eigenvalue weighted by Crippen LogP contribution is -2.50. The van der Waals surface area contributed by atoms with E-state index < -0.39 is 5.41 Å². The lowest BCUT2D eigenvalue weighted by molar-refractivity contribution is 0.0965. The number of rotatable bonds is 8. The molecule has 9 aromatic carbocycles. The zero-order valence-corrected chi connectivity index (χ0v) is 41.6. The van der Waals surface area contributed by atoms with Crippen LogP contribution < -0.4 is 9.80 Å². The standard InChI is InChI=1S/C65H60N4/c1-41(2)44-18-27-50(28-19-44)68(49-25-16-43(40-66)17-26-49)53-31-22-46-37-59-60(38-47(46)36-53)65(63(5,6)7,64(8,9)10)62-57-35-34-54(39-58(57)55-14-12-13-15-56(55)61(59)62)69(52-32-23-48(67-11)24-33-52)51-29-20-45(21-30-51)42(3)4/h12-39,41-42H,1-10H3. The van der Waals surface area contributed by atoms with E-state index in [-0.39, 0.29) is 10.8 Å². The number of nitriles is 1. The summed E-state index contributed by atoms with van der Waals surface area (Å²) in [4.78, 5) is 8.36. The fraction of sp³-hybridized carbons (Fsp3) is 0.231. The third-order valence-electron chi connectivity index (χ3n) is 14.9. The van der Waals surface area contributed by atoms with E-state index >= 15 is 0 Å². The average Bonchev–Trinajstić information content (AvgIpc) is 3.66. The Kier molecular flexibility index (Phi) is 11.0. The number of hydrogen-bond donors (Lipinski definition) is 0. The molecule has 0 aliphatic heterocycles. The molecule has 4 heteroatoms. The second kappa shape index (κ2) is 16.8. The number of nitrogens with zero attached hydrogens (tertiary/aromatic N) is 4. The maximum absolute atomic E-state index is 9.70. The van der Waals surface area contributed by atoms with E-state index in [0.29, 0.717) is 23.1 Å². The third-order valence-corrected chi connectivity index (χ3v) is 14.9. The Labute approximate surface area is 408 Å². The first kappa shape index (κ1) is 45.1. The Hall–Kier alpha value is -7.66. The Morgan fingerprint density at radius 2 is 0.971 bits per heavy atom. The summed E-state index contributed by atoms with van der Waals surface area (Å²) in [6.45, 7) is 31.2. The van der Waals surface area contributed by atoms with Crippen LogP contribution in [-0.2, 0) is 5.41 Å². The molecule has 0 atom stereocenters. The quantitative estimate of drug-likeness (QED) is 0.113. The molecular formula is C65H60N4. The van der Waals surface area contributed by atoms with Crippen molar-refractivity contribution in [3.05, 3.63) is 209 Å². The average molecular weight is 897 g/mol. The second-order valence-electron chi connectivity index (χ2n) is 21.7. The first-order chi connectivity index (χ1) is 33.0. The van der Waals surface area contributed by atoms with Gasteiger partial charge in [0, 0.05) is 39.5 Å². The molecule has 69 heavy (non-hydrogen) atoms. The molecule has 0 radical (unpaired) electrons. The van der Waals surface area contributed by atoms with Gasteiger partial charge in [-0.05, 0) is 185 Å². The third kappa shape index (κ3) is 7.33. The molecule has 4 nitrogen and oxygen atoms in total. The van der Waals surface area contributed by atoms with Gasteiger partial charge in [-0.3, -0.25) is 0 Å². The fourth-order valence-corrected chi connectivity index (χ4v) is 12.0. The van der Waals surface area contributed by atoms with Crippen molar-refractivity contribution in [2.75, 3.05) is 9.80 Å². The van der Waals surface area contributed by atoms with Crippen LogP contribution in [0.1, 0.15) is 109 Å². The van der Waals surface area contributed by atoms with Crippen LogP contribution >= 0.6 is 0 Å². The van der Waals surface area contributed by atoms with Crippen LogP contribution in [0.5, 0.6) is 0 Å². The lowest BCUT2D eigenvalue weighted by Gasteiger charge is -2.53. The van der Waals surface area contributed by atoms with Gasteiger partial charge in [0.25, 0.3) is 0 Å². The van der Waals surface area contributed by atoms with Gasteiger partial charge in [0.15, 0.2) is 5.69 Å². The Morgan fingerprint density at radius 1 is 0.493 bits per heavy atom. The molecule has 10 rings (SSSR count). The predicted molar refractivity (Wildman–Crippen MR) is 293 cm³/mol. The van der Waals surface area contributed by atoms with E-state index in [1.54, 1.807) is 0 Å². The number of anilines is 6. The Bertz CT molecular complexity index is 3500. The zero-order chi connectivity index (χ0) is 48.6. The number of hydrogen-bond acceptors (Lipinski definition) is 3. The van der Waals surface area contributed by atoms with Crippen molar-refractivity contribution in [2.24, 2.45) is 10.8 Å². The van der Waals surface area contributed by atoms with Crippen molar-refractivity contribution >= 4 is 72.1 Å². The summed E-state index contributed by atoms with van der Waals surface area (Å²) in [7, 11) is 0. The van der Waals surface area contributed by atoms with E-state index in [4.69, 9.17) is 6.57 Å². The summed E-state index contributed by atoms with van der Waals surface area (Å²) in [6, 6.07) is 64.1. The highest BCUT2D eigenvalue weighted by Crippen LogP contribution is 2.68. The SMILES string of the molecule is [C-]#[N+]c1ccc(N(c2ccc(C(C)C)cc2)c2ccc3c4c(c5ccccc5c3c2)-c2cc3ccc(N(c5ccc(C#N)cc5)c5ccc(C(C)C)cc5)cc3cc2C4(C(C)(C)C)C(C)(C)C)cc1. The van der Waals surface area contributed by atoms with E-state index in [1.165, 1.54) is 65.7 Å². The maximum Gasteiger partial charge on any atom is 0.187 e. The molecule has 0 spiro atoms. The predicted octanol–water partition coefficient (Wildman–Crippen LogP) is 19.1. The minimum atomic E-state index is -0.417. The van der Waals surface area contributed by atoms with Gasteiger partial charge in [0.05, 0.1) is 18.2 Å². The molecule has 0 N–H and O–H groups in total. The van der Waals surface area contributed by atoms with Crippen LogP contribution in [0.3, 0.4) is 0 Å². The summed E-state index contributed by atoms with van der Waals surface area (Å²) >= 11 is 0. The van der Waals surface area contributed by atoms with Gasteiger partial charge in [0.1, 0.15) is 0 Å². The van der Waals surface area contributed by atoms with Crippen molar-refractivity contribution in [1.82, 2.24) is 0 Å². The second-order valence-corrected chi connectivity index (χ2v) is 21.7. The van der Waals surface area contributed by atoms with Crippen molar-refractivity contribution in [3.63, 3.8) is 0 Å². The van der Waals surface area contributed by atoms with Gasteiger partial charge in [-0.25, -0.2) is 4.85 Å². The summed E-state index contributed by atoms with van der Waals surface area (Å²) in [5.74, 6) is 0.846. The molecule has 0 heterocycles. The monoisotopic (exact) mass is 896 g/mol. The fourth-order valence-electron chi connectivity index (χ4n) is 12.0. The van der Waals surface area contributed by atoms with Crippen LogP contribution in [0.15, 0.2) is 170 Å². The molecular weight excluding hydrogens is 837 g/mol. The van der Waals surface area contributed by atoms with Crippen molar-refractivity contribution < 1.29 is 0 Å². The van der Waals surface area contributed by atoms with Gasteiger partial charge >= 0.3 is 0 Å². The molecule has 0 aromatic heterocycles. The van der Waals surface area contributed by atoms with Crippen LogP contribution in [0, 0.1) is 28.7 Å². The highest BCUT2D eigenvalue weighted by atomic mass is 15.1. The molecule has 0 unspecified atom stereocenters. The summed E-state index contributed by atoms with van der Waals surface area (Å²) in [5, 5.41) is 17.1. The highest BCUT2D eigenvalue weighted by Gasteiger charge is 2.58. The van der Waals surface area contributed by atoms with Gasteiger partial charge < -0.3 is 9.80 Å². The van der Waals surface area contributed by atoms with Crippen molar-refractivity contribution in [3.8, 4) is 17.2 Å². The highest BCUT2D eigenvalue weighted by molar-refractivity contribution is 6.20. The smallest absolute Gasteiger partial charge is 0.187 e. The Morgan fingerprint density at radius 3 is 1.48 bits per heavy atom. The molecule has 1 aliphatic carbocycles. The number of benzene rings is 9. The van der Waals surface area contributed by atoms with Crippen LogP contribution in [0.4, 0.5) is 39.8 Å². The molecule has 0 bridgehead atoms. The van der Waals surface area contributed by atoms with Crippen molar-refractivity contribution in [1.29, 1.82) is 5.26 Å². The molecule has 1 aliphatic rings. The van der Waals surface area contributed by atoms with Gasteiger partial charge in [0.2, 0.25) is 0 Å². The largest absolute Gasteiger partial charge is 0.311 e. The summed E-state index contributed by atoms with van der Waals surface area (Å²) in [5.41, 5.74) is 14.7. The van der Waals surface area contributed by atoms with Crippen molar-refractivity contribution in [2.45, 2.75) is 86.5 Å². The molecule has 9 aromatic rings. The molecule has 340 valence electrons. The van der Waals surface area contributed by atoms with Crippen LogP contribution in [0.2, 0.25) is 0 Å². The molecule has 0 fully saturated rings. The maximum atomic E-state index is 9.70. The summed E-state index contributed by atoms with van der Waals surface area (Å²) in [6.07, 6.45) is 0. The molecule has 0 saturated heterocycles. The van der Waals surface area contributed by atoms with E-state index in [0.717, 1.165) is 34.1 Å². The van der Waals surface area contributed by atoms with E-state index in [1.807, 2.05) is 24.3 Å². The minimum Gasteiger partial charge on any atom is -0.311 e. The van der Waals surface area contributed by atoms with E-state index in [9.17, 15) is 5.26 Å². The first-order valence-corrected chi connectivity index (χ1v) is 24.4. The van der Waals surface area contributed by atoms with Crippen LogP contribution in [-0.4, -0.2) is 0 Å².